The number of nitrogens with zero attached hydrogens (tertiary/aromatic N) is 1. The number of para-hydroxylation sites is 2. The second kappa shape index (κ2) is 10.5. The number of methoxy groups -OCH3 is 2. The highest BCUT2D eigenvalue weighted by Crippen LogP contribution is 2.32. The van der Waals surface area contributed by atoms with E-state index in [0.717, 1.165) is 5.69 Å². The van der Waals surface area contributed by atoms with Gasteiger partial charge >= 0.3 is 0 Å². The Morgan fingerprint density at radius 2 is 1.90 bits per heavy atom. The van der Waals surface area contributed by atoms with Crippen molar-refractivity contribution in [1.29, 1.82) is 0 Å². The molecule has 2 aromatic rings. The van der Waals surface area contributed by atoms with Gasteiger partial charge in [0, 0.05) is 31.7 Å². The zero-order chi connectivity index (χ0) is 21.3. The summed E-state index contributed by atoms with van der Waals surface area (Å²) in [6.07, 6.45) is 0.178. The van der Waals surface area contributed by atoms with Crippen molar-refractivity contribution in [2.45, 2.75) is 12.8 Å². The van der Waals surface area contributed by atoms with E-state index >= 15 is 0 Å². The van der Waals surface area contributed by atoms with Crippen LogP contribution >= 0.6 is 0 Å². The van der Waals surface area contributed by atoms with Gasteiger partial charge in [-0.3, -0.25) is 9.59 Å². The maximum absolute atomic E-state index is 12.6. The van der Waals surface area contributed by atoms with E-state index < -0.39 is 0 Å². The fourth-order valence-corrected chi connectivity index (χ4v) is 3.11. The molecule has 2 aromatic carbocycles. The summed E-state index contributed by atoms with van der Waals surface area (Å²) < 4.78 is 21.4. The van der Waals surface area contributed by atoms with Crippen LogP contribution in [0.25, 0.3) is 0 Å². The maximum Gasteiger partial charge on any atom is 0.227 e. The molecule has 1 aliphatic heterocycles. The second-order valence-corrected chi connectivity index (χ2v) is 6.62. The molecule has 0 aliphatic carbocycles. The zero-order valence-corrected chi connectivity index (χ0v) is 17.2. The Balaban J connectivity index is 1.56. The third-order valence-electron chi connectivity index (χ3n) is 4.59. The summed E-state index contributed by atoms with van der Waals surface area (Å²) in [7, 11) is 3.14. The van der Waals surface area contributed by atoms with Crippen LogP contribution in [0.2, 0.25) is 0 Å². The van der Waals surface area contributed by atoms with Crippen LogP contribution in [-0.4, -0.2) is 52.4 Å². The number of nitrogens with one attached hydrogen (secondary N) is 1. The summed E-state index contributed by atoms with van der Waals surface area (Å²) in [5, 5.41) is 2.80. The third kappa shape index (κ3) is 5.42. The molecule has 8 nitrogen and oxygen atoms in total. The van der Waals surface area contributed by atoms with Crippen molar-refractivity contribution in [3.63, 3.8) is 0 Å². The van der Waals surface area contributed by atoms with Gasteiger partial charge in [0.2, 0.25) is 11.8 Å². The summed E-state index contributed by atoms with van der Waals surface area (Å²) in [5.74, 6) is 1.39. The number of carbonyl (C=O) groups is 2. The number of rotatable bonds is 9. The van der Waals surface area contributed by atoms with Crippen LogP contribution in [0, 0.1) is 0 Å². The lowest BCUT2D eigenvalue weighted by molar-refractivity contribution is -0.122. The van der Waals surface area contributed by atoms with E-state index in [9.17, 15) is 9.59 Å². The summed E-state index contributed by atoms with van der Waals surface area (Å²) >= 11 is 0. The van der Waals surface area contributed by atoms with Gasteiger partial charge < -0.3 is 29.2 Å². The van der Waals surface area contributed by atoms with Gasteiger partial charge in [0.1, 0.15) is 19.0 Å². The van der Waals surface area contributed by atoms with E-state index in [1.165, 1.54) is 0 Å². The Hall–Kier alpha value is -3.26. The van der Waals surface area contributed by atoms with E-state index in [0.29, 0.717) is 49.3 Å². The molecule has 2 amide bonds. The minimum atomic E-state index is -0.252. The van der Waals surface area contributed by atoms with Crippen molar-refractivity contribution < 1.29 is 28.5 Å². The van der Waals surface area contributed by atoms with Crippen LogP contribution in [-0.2, 0) is 14.3 Å². The van der Waals surface area contributed by atoms with Gasteiger partial charge in [-0.15, -0.1) is 0 Å². The standard InChI is InChI=1S/C22H26N2O6/c1-27-13-14-30-20-15-16(7-8-19(20)28-2)23-21(25)9-10-22(26)24-11-12-29-18-6-4-3-5-17(18)24/h3-8,15H,9-14H2,1-2H3,(H,23,25). The Morgan fingerprint density at radius 1 is 1.07 bits per heavy atom. The number of anilines is 2. The number of amides is 2. The van der Waals surface area contributed by atoms with Gasteiger partial charge in [-0.1, -0.05) is 12.1 Å². The Labute approximate surface area is 175 Å². The lowest BCUT2D eigenvalue weighted by Gasteiger charge is -2.29. The number of carbonyl (C=O) groups excluding carboxylic acids is 2. The molecule has 0 saturated carbocycles. The van der Waals surface area contributed by atoms with Crippen LogP contribution in [0.4, 0.5) is 11.4 Å². The molecule has 0 bridgehead atoms. The fraction of sp³-hybridized carbons (Fsp3) is 0.364. The topological polar surface area (TPSA) is 86.3 Å². The van der Waals surface area contributed by atoms with Crippen molar-refractivity contribution in [2.24, 2.45) is 0 Å². The maximum atomic E-state index is 12.6. The number of benzene rings is 2. The molecule has 0 fully saturated rings. The molecule has 160 valence electrons. The highest BCUT2D eigenvalue weighted by molar-refractivity contribution is 5.99. The van der Waals surface area contributed by atoms with Gasteiger partial charge in [0.15, 0.2) is 11.5 Å². The lowest BCUT2D eigenvalue weighted by Crippen LogP contribution is -2.38. The largest absolute Gasteiger partial charge is 0.493 e. The number of fused-ring (bicyclic) bond motifs is 1. The summed E-state index contributed by atoms with van der Waals surface area (Å²) in [6, 6.07) is 12.5. The first-order valence-corrected chi connectivity index (χ1v) is 9.74. The monoisotopic (exact) mass is 414 g/mol. The second-order valence-electron chi connectivity index (χ2n) is 6.62. The first kappa shape index (κ1) is 21.4. The van der Waals surface area contributed by atoms with Gasteiger partial charge in [-0.25, -0.2) is 0 Å². The van der Waals surface area contributed by atoms with Crippen LogP contribution < -0.4 is 24.4 Å². The van der Waals surface area contributed by atoms with Crippen LogP contribution in [0.5, 0.6) is 17.2 Å². The van der Waals surface area contributed by atoms with Crippen molar-refractivity contribution in [3.05, 3.63) is 42.5 Å². The SMILES string of the molecule is COCCOc1cc(NC(=O)CCC(=O)N2CCOc3ccccc32)ccc1OC. The number of ether oxygens (including phenoxy) is 4. The highest BCUT2D eigenvalue weighted by Gasteiger charge is 2.23. The summed E-state index contributed by atoms with van der Waals surface area (Å²) in [5.41, 5.74) is 1.31. The first-order chi connectivity index (χ1) is 14.6. The van der Waals surface area contributed by atoms with E-state index in [2.05, 4.69) is 5.32 Å². The first-order valence-electron chi connectivity index (χ1n) is 9.74. The van der Waals surface area contributed by atoms with Crippen molar-refractivity contribution in [3.8, 4) is 17.2 Å². The average Bonchev–Trinajstić information content (AvgIpc) is 2.77. The molecule has 0 atom stereocenters. The quantitative estimate of drug-likeness (QED) is 0.635. The molecule has 1 heterocycles. The van der Waals surface area contributed by atoms with Crippen molar-refractivity contribution >= 4 is 23.2 Å². The Bertz CT molecular complexity index is 886. The Morgan fingerprint density at radius 3 is 2.70 bits per heavy atom. The molecule has 0 radical (unpaired) electrons. The van der Waals surface area contributed by atoms with Crippen LogP contribution in [0.15, 0.2) is 42.5 Å². The van der Waals surface area contributed by atoms with Crippen LogP contribution in [0.3, 0.4) is 0 Å². The van der Waals surface area contributed by atoms with E-state index in [1.54, 1.807) is 37.3 Å². The van der Waals surface area contributed by atoms with E-state index in [4.69, 9.17) is 18.9 Å². The molecule has 0 aromatic heterocycles. The molecule has 8 heteroatoms. The molecule has 3 rings (SSSR count). The molecule has 0 saturated heterocycles. The molecule has 0 unspecified atom stereocenters. The molecule has 30 heavy (non-hydrogen) atoms. The number of hydrogen-bond acceptors (Lipinski definition) is 6. The van der Waals surface area contributed by atoms with E-state index in [1.807, 2.05) is 24.3 Å². The van der Waals surface area contributed by atoms with Gasteiger partial charge in [-0.2, -0.15) is 0 Å². The van der Waals surface area contributed by atoms with Crippen molar-refractivity contribution in [2.75, 3.05) is 50.8 Å². The molecule has 1 N–H and O–H groups in total. The molecule has 0 spiro atoms. The smallest absolute Gasteiger partial charge is 0.227 e. The summed E-state index contributed by atoms with van der Waals surface area (Å²) in [4.78, 5) is 26.7. The average molecular weight is 414 g/mol. The zero-order valence-electron chi connectivity index (χ0n) is 17.2. The normalized spacial score (nSPS) is 12.5. The minimum Gasteiger partial charge on any atom is -0.493 e. The van der Waals surface area contributed by atoms with Gasteiger partial charge in [0.25, 0.3) is 0 Å². The molecule has 1 aliphatic rings. The molecular formula is C22H26N2O6. The number of hydrogen-bond donors (Lipinski definition) is 1. The van der Waals surface area contributed by atoms with Crippen LogP contribution in [0.1, 0.15) is 12.8 Å². The predicted molar refractivity (Wildman–Crippen MR) is 113 cm³/mol. The van der Waals surface area contributed by atoms with Gasteiger partial charge in [-0.05, 0) is 24.3 Å². The minimum absolute atomic E-state index is 0.0737. The Kier molecular flexibility index (Phi) is 7.51. The highest BCUT2D eigenvalue weighted by atomic mass is 16.5. The fourth-order valence-electron chi connectivity index (χ4n) is 3.11. The van der Waals surface area contributed by atoms with Gasteiger partial charge in [0.05, 0.1) is 25.9 Å². The van der Waals surface area contributed by atoms with Crippen molar-refractivity contribution in [1.82, 2.24) is 0 Å². The lowest BCUT2D eigenvalue weighted by atomic mass is 10.2. The molecular weight excluding hydrogens is 388 g/mol. The van der Waals surface area contributed by atoms with E-state index in [-0.39, 0.29) is 24.7 Å². The third-order valence-corrected chi connectivity index (χ3v) is 4.59. The predicted octanol–water partition coefficient (Wildman–Crippen LogP) is 2.86. The summed E-state index contributed by atoms with van der Waals surface area (Å²) in [6.45, 7) is 1.71.